The van der Waals surface area contributed by atoms with E-state index in [1.54, 1.807) is 19.6 Å². The zero-order valence-corrected chi connectivity index (χ0v) is 61.2. The lowest BCUT2D eigenvalue weighted by molar-refractivity contribution is -0.118. The summed E-state index contributed by atoms with van der Waals surface area (Å²) in [6.07, 6.45) is 6.96. The van der Waals surface area contributed by atoms with Gasteiger partial charge in [0.2, 0.25) is 0 Å². The molecular weight excluding hydrogens is 1440 g/mol. The van der Waals surface area contributed by atoms with Crippen molar-refractivity contribution in [2.45, 2.75) is 122 Å². The highest BCUT2D eigenvalue weighted by Crippen LogP contribution is 2.43. The highest BCUT2D eigenvalue weighted by atomic mass is 19.2. The molecule has 17 rings (SSSR count). The molecule has 0 radical (unpaired) electrons. The molecule has 111 heavy (non-hydrogen) atoms. The van der Waals surface area contributed by atoms with Crippen molar-refractivity contribution in [2.24, 2.45) is 59.2 Å². The summed E-state index contributed by atoms with van der Waals surface area (Å²) >= 11 is 0. The van der Waals surface area contributed by atoms with Crippen molar-refractivity contribution in [1.29, 1.82) is 0 Å². The lowest BCUT2D eigenvalue weighted by atomic mass is 10.0. The van der Waals surface area contributed by atoms with Gasteiger partial charge in [0.15, 0.2) is 34.9 Å². The van der Waals surface area contributed by atoms with Crippen LogP contribution in [0, 0.1) is 94.1 Å². The Morgan fingerprint density at radius 2 is 0.622 bits per heavy atom. The van der Waals surface area contributed by atoms with Gasteiger partial charge in [-0.2, -0.15) is 0 Å². The van der Waals surface area contributed by atoms with Gasteiger partial charge in [0, 0.05) is 83.4 Å². The van der Waals surface area contributed by atoms with Crippen LogP contribution in [-0.4, -0.2) is 155 Å². The van der Waals surface area contributed by atoms with Crippen LogP contribution < -0.4 is 14.8 Å². The van der Waals surface area contributed by atoms with E-state index in [1.165, 1.54) is 12.1 Å². The first-order valence-electron chi connectivity index (χ1n) is 38.0. The molecule has 7 aromatic rings. The number of halogens is 6. The molecular formula is C86H99F6N5O14. The molecule has 4 amide bonds. The number of ketones is 1. The van der Waals surface area contributed by atoms with Gasteiger partial charge in [-0.3, -0.25) is 4.79 Å². The van der Waals surface area contributed by atoms with E-state index in [0.717, 1.165) is 155 Å². The molecule has 0 spiro atoms. The van der Waals surface area contributed by atoms with Crippen LogP contribution in [0.25, 0.3) is 0 Å². The fourth-order valence-corrected chi connectivity index (χ4v) is 17.0. The van der Waals surface area contributed by atoms with Crippen LogP contribution in [-0.2, 0) is 50.2 Å². The number of benzene rings is 7. The van der Waals surface area contributed by atoms with Crippen molar-refractivity contribution >= 4 is 30.2 Å². The molecule has 5 aliphatic carbocycles. The molecule has 19 nitrogen and oxygen atoms in total. The number of aromatic hydroxyl groups is 1. The predicted octanol–water partition coefficient (Wildman–Crippen LogP) is 15.3. The summed E-state index contributed by atoms with van der Waals surface area (Å²) < 4.78 is 109. The molecule has 14 atom stereocenters. The van der Waals surface area contributed by atoms with Crippen LogP contribution >= 0.6 is 0 Å². The molecule has 5 aliphatic heterocycles. The van der Waals surface area contributed by atoms with Crippen LogP contribution in [0.4, 0.5) is 45.5 Å². The normalized spacial score (nSPS) is 25.8. The summed E-state index contributed by atoms with van der Waals surface area (Å²) in [5, 5.41) is 31.0. The first-order valence-corrected chi connectivity index (χ1v) is 38.0. The van der Waals surface area contributed by atoms with Crippen molar-refractivity contribution in [3.8, 4) is 17.2 Å². The van der Waals surface area contributed by atoms with E-state index in [1.807, 2.05) is 121 Å². The number of rotatable bonds is 12. The Labute approximate surface area is 643 Å². The second-order valence-corrected chi connectivity index (χ2v) is 30.4. The number of carbonyl (C=O) groups excluding carboxylic acids is 5. The Hall–Kier alpha value is -9.85. The van der Waals surface area contributed by atoms with Gasteiger partial charge in [0.25, 0.3) is 0 Å². The van der Waals surface area contributed by atoms with E-state index >= 15 is 0 Å². The molecule has 5 saturated heterocycles. The van der Waals surface area contributed by atoms with Crippen LogP contribution in [0.3, 0.4) is 0 Å². The number of ether oxygens (including phenoxy) is 6. The summed E-state index contributed by atoms with van der Waals surface area (Å²) in [5.74, 6) is 0.0275. The van der Waals surface area contributed by atoms with Crippen LogP contribution in [0.1, 0.15) is 93.9 Å². The molecule has 594 valence electrons. The molecule has 7 aromatic carbocycles. The Morgan fingerprint density at radius 3 is 0.910 bits per heavy atom. The van der Waals surface area contributed by atoms with Crippen LogP contribution in [0.2, 0.25) is 0 Å². The quantitative estimate of drug-likeness (QED) is 0.0659. The van der Waals surface area contributed by atoms with E-state index in [0.29, 0.717) is 135 Å². The van der Waals surface area contributed by atoms with Crippen LogP contribution in [0.5, 0.6) is 17.2 Å². The number of hydrogen-bond acceptors (Lipinski definition) is 15. The number of hydrogen-bond donors (Lipinski definition) is 4. The van der Waals surface area contributed by atoms with E-state index in [2.05, 4.69) is 5.32 Å². The van der Waals surface area contributed by atoms with Gasteiger partial charge >= 0.3 is 24.4 Å². The largest absolute Gasteiger partial charge is 0.508 e. The Bertz CT molecular complexity index is 4030. The van der Waals surface area contributed by atoms with Gasteiger partial charge in [0.1, 0.15) is 49.5 Å². The second kappa shape index (κ2) is 39.4. The molecule has 10 fully saturated rings. The molecule has 10 aliphatic rings. The van der Waals surface area contributed by atoms with E-state index in [-0.39, 0.29) is 68.6 Å². The number of Topliss-reactive ketones (excluding diaryl/α,β-unsaturated/α-hetero) is 1. The lowest BCUT2D eigenvalue weighted by Crippen LogP contribution is -2.31. The minimum atomic E-state index is -1.03. The molecule has 5 heterocycles. The average Bonchev–Trinajstić information content (AvgIpc) is 1.54. The van der Waals surface area contributed by atoms with Crippen molar-refractivity contribution < 1.29 is 94.1 Å². The SMILES string of the molecule is C.Fc1ccc(OC2C[C@H]3CNC[C@H]3C2)cc1F.O=C(OCc1ccccc1)N1C[C@H]2CC(O)C[C@H]2C1.O=C(OCc1ccccc1)N1C[C@H]2CC(O)C[C@H]2C1.O=C(OCc1ccccc1)N1C[C@H]2CC(Oc3ccc(F)c(F)c3)C[C@H]2C1.O=C1C[C@@H]2CN(C(=O)OCc3ccccc3)C[C@@H]2C1.Oc1ccc(F)c(F)c1. The lowest BCUT2D eigenvalue weighted by Gasteiger charge is -2.20. The number of nitrogens with one attached hydrogen (secondary N) is 1. The molecule has 0 bridgehead atoms. The number of aliphatic hydroxyl groups is 2. The maximum absolute atomic E-state index is 13.3. The number of aliphatic hydroxyl groups excluding tert-OH is 2. The topological polar surface area (TPSA) is 226 Å². The second-order valence-electron chi connectivity index (χ2n) is 30.4. The third-order valence-corrected chi connectivity index (χ3v) is 22.5. The third-order valence-electron chi connectivity index (χ3n) is 22.5. The zero-order valence-electron chi connectivity index (χ0n) is 61.2. The number of likely N-dealkylation sites (tertiary alicyclic amines) is 4. The molecule has 4 N–H and O–H groups in total. The number of carbonyl (C=O) groups is 5. The molecule has 5 saturated carbocycles. The fraction of sp³-hybridized carbons (Fsp3) is 0.453. The first kappa shape index (κ1) is 82.1. The fourth-order valence-electron chi connectivity index (χ4n) is 17.0. The highest BCUT2D eigenvalue weighted by molar-refractivity contribution is 5.82. The maximum atomic E-state index is 13.3. The number of phenolic OH excluding ortho intramolecular Hbond substituents is 1. The summed E-state index contributed by atoms with van der Waals surface area (Å²) in [4.78, 5) is 66.6. The van der Waals surface area contributed by atoms with E-state index in [4.69, 9.17) is 33.5 Å². The predicted molar refractivity (Wildman–Crippen MR) is 400 cm³/mol. The zero-order chi connectivity index (χ0) is 77.2. The average molecular weight is 1540 g/mol. The number of nitrogens with zero attached hydrogens (tertiary/aromatic N) is 4. The van der Waals surface area contributed by atoms with Crippen LogP contribution in [0.15, 0.2) is 176 Å². The minimum Gasteiger partial charge on any atom is -0.508 e. The van der Waals surface area contributed by atoms with Gasteiger partial charge in [-0.1, -0.05) is 129 Å². The minimum absolute atomic E-state index is 0. The van der Waals surface area contributed by atoms with Gasteiger partial charge in [0.05, 0.1) is 24.4 Å². The Kier molecular flexibility index (Phi) is 29.1. The first-order chi connectivity index (χ1) is 53.2. The van der Waals surface area contributed by atoms with Crippen molar-refractivity contribution in [1.82, 2.24) is 24.9 Å². The standard InChI is InChI=1S/C21H21F2NO3.2C15H19NO3.C15H17NO3.C13H15F2NO.C6H4F2O.CH4/c22-19-7-6-17(10-20(19)23)27-18-8-15-11-24(12-16(15)9-18)21(25)26-13-14-4-2-1-3-5-14;3*17-14-6-12-8-16(9-13(12)7-14)15(18)19-10-11-4-2-1-3-5-11;14-12-2-1-10(5-13(12)15)17-11-3-8-6-16-7-9(8)4-11;7-5-2-1-4(9)3-6(5)8;/h1-7,10,15-16,18H,8-9,11-13H2;2*1-5,12-14,17H,6-10H2;1-5,12-13H,6-10H2;1-2,5,8-9,11,16H,3-4,6-7H2;1-3,9H;1H4/t15-,16+,18?;2*12-,13+,14?;12-,13+;8-,9+,11?;;. The summed E-state index contributed by atoms with van der Waals surface area (Å²) in [7, 11) is 0. The van der Waals surface area contributed by atoms with E-state index in [9.17, 15) is 60.5 Å². The molecule has 4 unspecified atom stereocenters. The molecule has 0 aromatic heterocycles. The van der Waals surface area contributed by atoms with Gasteiger partial charge in [-0.05, 0) is 182 Å². The van der Waals surface area contributed by atoms with Gasteiger partial charge < -0.3 is 68.7 Å². The maximum Gasteiger partial charge on any atom is 0.410 e. The van der Waals surface area contributed by atoms with Gasteiger partial charge in [-0.25, -0.2) is 45.5 Å². The summed E-state index contributed by atoms with van der Waals surface area (Å²) in [5.41, 5.74) is 3.96. The summed E-state index contributed by atoms with van der Waals surface area (Å²) in [6.45, 7) is 8.92. The smallest absolute Gasteiger partial charge is 0.410 e. The Balaban J connectivity index is 0.000000134. The van der Waals surface area contributed by atoms with Crippen molar-refractivity contribution in [2.75, 3.05) is 65.4 Å². The molecule has 25 heteroatoms. The monoisotopic (exact) mass is 1540 g/mol. The van der Waals surface area contributed by atoms with E-state index < -0.39 is 34.9 Å². The number of amides is 4. The highest BCUT2D eigenvalue weighted by Gasteiger charge is 2.47. The number of fused-ring (bicyclic) bond motifs is 5. The summed E-state index contributed by atoms with van der Waals surface area (Å²) in [6, 6.07) is 48.7. The van der Waals surface area contributed by atoms with Gasteiger partial charge in [-0.15, -0.1) is 0 Å². The Morgan fingerprint density at radius 1 is 0.351 bits per heavy atom. The van der Waals surface area contributed by atoms with Crippen molar-refractivity contribution in [3.05, 3.63) is 233 Å². The van der Waals surface area contributed by atoms with Crippen molar-refractivity contribution in [3.63, 3.8) is 0 Å². The number of phenols is 1. The third kappa shape index (κ3) is 23.4.